The van der Waals surface area contributed by atoms with Gasteiger partial charge in [0.25, 0.3) is 11.8 Å². The van der Waals surface area contributed by atoms with Crippen molar-refractivity contribution < 1.29 is 9.59 Å². The fourth-order valence-corrected chi connectivity index (χ4v) is 1.79. The van der Waals surface area contributed by atoms with Gasteiger partial charge < -0.3 is 16.4 Å². The predicted octanol–water partition coefficient (Wildman–Crippen LogP) is 0.614. The molecule has 1 aromatic carbocycles. The van der Waals surface area contributed by atoms with Crippen molar-refractivity contribution >= 4 is 23.2 Å². The maximum absolute atomic E-state index is 12.1. The van der Waals surface area contributed by atoms with Crippen LogP contribution in [0.2, 0.25) is 0 Å². The average molecular weight is 273 g/mol. The van der Waals surface area contributed by atoms with E-state index in [1.807, 2.05) is 0 Å². The molecule has 0 aliphatic rings. The maximum atomic E-state index is 12.1. The van der Waals surface area contributed by atoms with E-state index in [1.54, 1.807) is 37.5 Å². The minimum atomic E-state index is -0.459. The highest BCUT2D eigenvalue weighted by atomic mass is 16.2. The van der Waals surface area contributed by atoms with Crippen LogP contribution in [0.25, 0.3) is 0 Å². The van der Waals surface area contributed by atoms with Crippen molar-refractivity contribution in [3.05, 3.63) is 41.7 Å². The fourth-order valence-electron chi connectivity index (χ4n) is 1.79. The Balaban J connectivity index is 2.29. The van der Waals surface area contributed by atoms with Crippen LogP contribution in [0.5, 0.6) is 0 Å². The Labute approximate surface area is 115 Å². The number of carbonyl (C=O) groups is 2. The van der Waals surface area contributed by atoms with E-state index in [2.05, 4.69) is 15.7 Å². The van der Waals surface area contributed by atoms with Crippen molar-refractivity contribution in [1.29, 1.82) is 0 Å². The van der Waals surface area contributed by atoms with Crippen LogP contribution < -0.4 is 16.4 Å². The van der Waals surface area contributed by atoms with E-state index in [9.17, 15) is 9.59 Å². The Morgan fingerprint density at radius 2 is 1.95 bits per heavy atom. The van der Waals surface area contributed by atoms with Crippen LogP contribution in [0.15, 0.2) is 30.5 Å². The van der Waals surface area contributed by atoms with Crippen LogP contribution in [0.1, 0.15) is 20.8 Å². The first-order chi connectivity index (χ1) is 9.52. The molecule has 0 radical (unpaired) electrons. The second-order valence-corrected chi connectivity index (χ2v) is 4.19. The second kappa shape index (κ2) is 5.43. The van der Waals surface area contributed by atoms with E-state index in [1.165, 1.54) is 11.7 Å². The molecule has 2 amide bonds. The van der Waals surface area contributed by atoms with Crippen molar-refractivity contribution in [2.75, 3.05) is 18.1 Å². The molecule has 20 heavy (non-hydrogen) atoms. The molecule has 0 aliphatic carbocycles. The smallest absolute Gasteiger partial charge is 0.278 e. The van der Waals surface area contributed by atoms with E-state index >= 15 is 0 Å². The molecular formula is C13H15N5O2. The summed E-state index contributed by atoms with van der Waals surface area (Å²) in [5.41, 5.74) is 6.88. The largest absolute Gasteiger partial charge is 0.396 e. The highest BCUT2D eigenvalue weighted by molar-refractivity contribution is 6.10. The number of benzene rings is 1. The van der Waals surface area contributed by atoms with E-state index in [0.29, 0.717) is 11.3 Å². The van der Waals surface area contributed by atoms with E-state index in [4.69, 9.17) is 5.73 Å². The number of aryl methyl sites for hydroxylation is 1. The number of hydrogen-bond donors (Lipinski definition) is 3. The van der Waals surface area contributed by atoms with E-state index < -0.39 is 5.91 Å². The third-order valence-corrected chi connectivity index (χ3v) is 2.72. The second-order valence-electron chi connectivity index (χ2n) is 4.19. The third-order valence-electron chi connectivity index (χ3n) is 2.72. The molecule has 2 aromatic rings. The maximum Gasteiger partial charge on any atom is 0.278 e. The lowest BCUT2D eigenvalue weighted by Gasteiger charge is -2.09. The van der Waals surface area contributed by atoms with Gasteiger partial charge in [-0.3, -0.25) is 14.3 Å². The molecule has 0 saturated heterocycles. The fraction of sp³-hybridized carbons (Fsp3) is 0.154. The molecule has 0 fully saturated rings. The zero-order valence-electron chi connectivity index (χ0n) is 11.2. The Morgan fingerprint density at radius 1 is 1.25 bits per heavy atom. The summed E-state index contributed by atoms with van der Waals surface area (Å²) in [7, 11) is 3.20. The minimum absolute atomic E-state index is 0.124. The lowest BCUT2D eigenvalue weighted by molar-refractivity contribution is 0.0964. The molecule has 0 bridgehead atoms. The summed E-state index contributed by atoms with van der Waals surface area (Å²) in [4.78, 5) is 23.8. The molecular weight excluding hydrogens is 258 g/mol. The number of rotatable bonds is 3. The van der Waals surface area contributed by atoms with Crippen LogP contribution in [0, 0.1) is 0 Å². The molecule has 0 atom stereocenters. The van der Waals surface area contributed by atoms with Crippen molar-refractivity contribution in [2.45, 2.75) is 0 Å². The summed E-state index contributed by atoms with van der Waals surface area (Å²) in [6, 6.07) is 6.71. The van der Waals surface area contributed by atoms with Crippen molar-refractivity contribution in [3.63, 3.8) is 0 Å². The Kier molecular flexibility index (Phi) is 3.69. The van der Waals surface area contributed by atoms with Crippen LogP contribution in [0.3, 0.4) is 0 Å². The van der Waals surface area contributed by atoms with Crippen molar-refractivity contribution in [3.8, 4) is 0 Å². The molecule has 7 nitrogen and oxygen atoms in total. The van der Waals surface area contributed by atoms with Crippen LogP contribution >= 0.6 is 0 Å². The Hall–Kier alpha value is -2.83. The molecule has 0 aliphatic heterocycles. The van der Waals surface area contributed by atoms with Gasteiger partial charge in [-0.1, -0.05) is 12.1 Å². The van der Waals surface area contributed by atoms with Gasteiger partial charge in [-0.15, -0.1) is 0 Å². The van der Waals surface area contributed by atoms with Gasteiger partial charge >= 0.3 is 0 Å². The van der Waals surface area contributed by atoms with Crippen molar-refractivity contribution in [1.82, 2.24) is 15.1 Å². The molecule has 1 heterocycles. The predicted molar refractivity (Wildman–Crippen MR) is 75.4 cm³/mol. The van der Waals surface area contributed by atoms with Gasteiger partial charge in [-0.05, 0) is 12.1 Å². The molecule has 7 heteroatoms. The normalized spacial score (nSPS) is 10.1. The summed E-state index contributed by atoms with van der Waals surface area (Å²) in [6.45, 7) is 0. The number of carbonyl (C=O) groups excluding carboxylic acids is 2. The number of nitrogens with one attached hydrogen (secondary N) is 2. The van der Waals surface area contributed by atoms with Crippen LogP contribution in [-0.2, 0) is 7.05 Å². The highest BCUT2D eigenvalue weighted by Crippen LogP contribution is 2.17. The van der Waals surface area contributed by atoms with Crippen molar-refractivity contribution in [2.24, 2.45) is 7.05 Å². The number of nitrogens with two attached hydrogens (primary N) is 1. The van der Waals surface area contributed by atoms with E-state index in [0.717, 1.165) is 0 Å². The first-order valence-corrected chi connectivity index (χ1v) is 5.94. The highest BCUT2D eigenvalue weighted by Gasteiger charge is 2.17. The molecule has 2 rings (SSSR count). The Morgan fingerprint density at radius 3 is 2.55 bits per heavy atom. The number of nitrogens with zero attached hydrogens (tertiary/aromatic N) is 2. The topological polar surface area (TPSA) is 102 Å². The van der Waals surface area contributed by atoms with Gasteiger partial charge in [-0.2, -0.15) is 5.10 Å². The van der Waals surface area contributed by atoms with Crippen LogP contribution in [-0.4, -0.2) is 28.6 Å². The SMILES string of the molecule is CNC(=O)c1ccccc1NC(=O)c1nn(C)cc1N. The average Bonchev–Trinajstić information content (AvgIpc) is 2.77. The number of anilines is 2. The molecule has 1 aromatic heterocycles. The standard InChI is InChI=1S/C13H15N5O2/c1-15-12(19)8-5-3-4-6-10(8)16-13(20)11-9(14)7-18(2)17-11/h3-7H,14H2,1-2H3,(H,15,19)(H,16,20). The molecule has 4 N–H and O–H groups in total. The van der Waals surface area contributed by atoms with Gasteiger partial charge in [-0.25, -0.2) is 0 Å². The quantitative estimate of drug-likeness (QED) is 0.762. The number of nitrogen functional groups attached to an aromatic ring is 1. The molecule has 0 saturated carbocycles. The lowest BCUT2D eigenvalue weighted by Crippen LogP contribution is -2.22. The summed E-state index contributed by atoms with van der Waals surface area (Å²) in [6.07, 6.45) is 1.54. The molecule has 0 spiro atoms. The lowest BCUT2D eigenvalue weighted by atomic mass is 10.1. The number of para-hydroxylation sites is 1. The number of aromatic nitrogens is 2. The zero-order chi connectivity index (χ0) is 14.7. The monoisotopic (exact) mass is 273 g/mol. The third kappa shape index (κ3) is 2.61. The van der Waals surface area contributed by atoms with Gasteiger partial charge in [0.05, 0.1) is 16.9 Å². The van der Waals surface area contributed by atoms with Crippen LogP contribution in [0.4, 0.5) is 11.4 Å². The summed E-state index contributed by atoms with van der Waals surface area (Å²) in [5.74, 6) is -0.741. The summed E-state index contributed by atoms with van der Waals surface area (Å²) < 4.78 is 1.45. The van der Waals surface area contributed by atoms with Gasteiger partial charge in [0.1, 0.15) is 0 Å². The summed E-state index contributed by atoms with van der Waals surface area (Å²) >= 11 is 0. The summed E-state index contributed by atoms with van der Waals surface area (Å²) in [5, 5.41) is 9.14. The van der Waals surface area contributed by atoms with Gasteiger partial charge in [0, 0.05) is 20.3 Å². The number of hydrogen-bond acceptors (Lipinski definition) is 4. The molecule has 104 valence electrons. The first kappa shape index (κ1) is 13.6. The first-order valence-electron chi connectivity index (χ1n) is 5.94. The minimum Gasteiger partial charge on any atom is -0.396 e. The zero-order valence-corrected chi connectivity index (χ0v) is 11.2. The molecule has 0 unspecified atom stereocenters. The number of amides is 2. The van der Waals surface area contributed by atoms with E-state index in [-0.39, 0.29) is 17.3 Å². The Bertz CT molecular complexity index is 663. The van der Waals surface area contributed by atoms with Gasteiger partial charge in [0.2, 0.25) is 0 Å². The van der Waals surface area contributed by atoms with Gasteiger partial charge in [0.15, 0.2) is 5.69 Å².